The summed E-state index contributed by atoms with van der Waals surface area (Å²) in [5.74, 6) is 0. The number of aryl methyl sites for hydroxylation is 1. The first-order chi connectivity index (χ1) is 8.65. The predicted octanol–water partition coefficient (Wildman–Crippen LogP) is 2.22. The van der Waals surface area contributed by atoms with Gasteiger partial charge in [0.15, 0.2) is 0 Å². The molecule has 2 rings (SSSR count). The Kier molecular flexibility index (Phi) is 4.04. The van der Waals surface area contributed by atoms with Crippen LogP contribution in [0.2, 0.25) is 0 Å². The van der Waals surface area contributed by atoms with E-state index in [1.54, 1.807) is 0 Å². The number of aliphatic hydroxyl groups excluding tert-OH is 1. The largest absolute Gasteiger partial charge is 0.396 e. The van der Waals surface area contributed by atoms with E-state index in [4.69, 9.17) is 10.8 Å². The van der Waals surface area contributed by atoms with E-state index >= 15 is 0 Å². The third-order valence-corrected chi connectivity index (χ3v) is 3.43. The molecule has 1 heterocycles. The van der Waals surface area contributed by atoms with Gasteiger partial charge in [-0.2, -0.15) is 0 Å². The van der Waals surface area contributed by atoms with Crippen LogP contribution in [0.5, 0.6) is 0 Å². The van der Waals surface area contributed by atoms with Gasteiger partial charge in [0.05, 0.1) is 0 Å². The molecular weight excluding hydrogens is 224 g/mol. The quantitative estimate of drug-likeness (QED) is 0.850. The van der Waals surface area contributed by atoms with Crippen LogP contribution in [0, 0.1) is 6.92 Å². The number of nitrogens with zero attached hydrogens (tertiary/aromatic N) is 1. The molecule has 3 heteroatoms. The fourth-order valence-corrected chi connectivity index (χ4v) is 2.60. The van der Waals surface area contributed by atoms with Crippen molar-refractivity contribution in [3.8, 4) is 0 Å². The van der Waals surface area contributed by atoms with Crippen LogP contribution in [-0.2, 0) is 13.0 Å². The SMILES string of the molecule is Cc1c(CC(C)N)c2ccccc2n1CCCO. The minimum Gasteiger partial charge on any atom is -0.396 e. The zero-order valence-corrected chi connectivity index (χ0v) is 11.2. The number of benzene rings is 1. The van der Waals surface area contributed by atoms with Gasteiger partial charge in [-0.3, -0.25) is 0 Å². The van der Waals surface area contributed by atoms with Crippen LogP contribution >= 0.6 is 0 Å². The van der Waals surface area contributed by atoms with Crippen molar-refractivity contribution in [1.82, 2.24) is 4.57 Å². The minimum atomic E-state index is 0.167. The second-order valence-corrected chi connectivity index (χ2v) is 4.99. The molecule has 18 heavy (non-hydrogen) atoms. The molecule has 1 aromatic heterocycles. The number of nitrogens with two attached hydrogens (primary N) is 1. The van der Waals surface area contributed by atoms with Crippen molar-refractivity contribution in [3.05, 3.63) is 35.5 Å². The Labute approximate surface area is 108 Å². The van der Waals surface area contributed by atoms with Gasteiger partial charge in [0.1, 0.15) is 0 Å². The molecule has 0 amide bonds. The standard InChI is InChI=1S/C15H22N2O/c1-11(16)10-14-12(2)17(8-5-9-18)15-7-4-3-6-13(14)15/h3-4,6-7,11,18H,5,8-10,16H2,1-2H3. The Bertz CT molecular complexity index is 529. The van der Waals surface area contributed by atoms with Crippen molar-refractivity contribution in [2.75, 3.05) is 6.61 Å². The van der Waals surface area contributed by atoms with E-state index in [2.05, 4.69) is 35.8 Å². The molecule has 3 nitrogen and oxygen atoms in total. The van der Waals surface area contributed by atoms with Gasteiger partial charge in [-0.25, -0.2) is 0 Å². The van der Waals surface area contributed by atoms with Gasteiger partial charge in [-0.15, -0.1) is 0 Å². The molecule has 2 aromatic rings. The second kappa shape index (κ2) is 5.55. The average molecular weight is 246 g/mol. The number of para-hydroxylation sites is 1. The highest BCUT2D eigenvalue weighted by atomic mass is 16.3. The lowest BCUT2D eigenvalue weighted by molar-refractivity contribution is 0.280. The number of aromatic nitrogens is 1. The summed E-state index contributed by atoms with van der Waals surface area (Å²) >= 11 is 0. The fraction of sp³-hybridized carbons (Fsp3) is 0.467. The summed E-state index contributed by atoms with van der Waals surface area (Å²) in [4.78, 5) is 0. The smallest absolute Gasteiger partial charge is 0.0485 e. The van der Waals surface area contributed by atoms with Crippen molar-refractivity contribution in [3.63, 3.8) is 0 Å². The summed E-state index contributed by atoms with van der Waals surface area (Å²) < 4.78 is 2.29. The molecule has 0 aliphatic rings. The minimum absolute atomic E-state index is 0.167. The lowest BCUT2D eigenvalue weighted by Gasteiger charge is -2.08. The summed E-state index contributed by atoms with van der Waals surface area (Å²) in [6.07, 6.45) is 1.69. The third kappa shape index (κ3) is 2.42. The van der Waals surface area contributed by atoms with Crippen molar-refractivity contribution < 1.29 is 5.11 Å². The monoisotopic (exact) mass is 246 g/mol. The Hall–Kier alpha value is -1.32. The lowest BCUT2D eigenvalue weighted by Crippen LogP contribution is -2.18. The molecule has 98 valence electrons. The first-order valence-electron chi connectivity index (χ1n) is 6.58. The highest BCUT2D eigenvalue weighted by Gasteiger charge is 2.14. The van der Waals surface area contributed by atoms with Crippen LogP contribution in [0.4, 0.5) is 0 Å². The predicted molar refractivity (Wildman–Crippen MR) is 75.7 cm³/mol. The second-order valence-electron chi connectivity index (χ2n) is 4.99. The van der Waals surface area contributed by atoms with Gasteiger partial charge in [0.25, 0.3) is 0 Å². The van der Waals surface area contributed by atoms with E-state index < -0.39 is 0 Å². The van der Waals surface area contributed by atoms with E-state index in [9.17, 15) is 0 Å². The number of hydrogen-bond acceptors (Lipinski definition) is 2. The van der Waals surface area contributed by atoms with Crippen LogP contribution in [0.1, 0.15) is 24.6 Å². The van der Waals surface area contributed by atoms with Crippen molar-refractivity contribution in [2.24, 2.45) is 5.73 Å². The summed E-state index contributed by atoms with van der Waals surface area (Å²) in [6, 6.07) is 8.61. The maximum Gasteiger partial charge on any atom is 0.0485 e. The topological polar surface area (TPSA) is 51.2 Å². The molecular formula is C15H22N2O. The Morgan fingerprint density at radius 1 is 1.33 bits per heavy atom. The number of fused-ring (bicyclic) bond motifs is 1. The van der Waals surface area contributed by atoms with Gasteiger partial charge in [-0.1, -0.05) is 18.2 Å². The van der Waals surface area contributed by atoms with E-state index in [1.165, 1.54) is 22.2 Å². The van der Waals surface area contributed by atoms with E-state index in [-0.39, 0.29) is 12.6 Å². The van der Waals surface area contributed by atoms with Gasteiger partial charge in [-0.05, 0) is 38.3 Å². The van der Waals surface area contributed by atoms with Crippen LogP contribution in [-0.4, -0.2) is 22.3 Å². The molecule has 0 aliphatic carbocycles. The normalized spacial score (nSPS) is 13.1. The van der Waals surface area contributed by atoms with Crippen molar-refractivity contribution >= 4 is 10.9 Å². The Morgan fingerprint density at radius 2 is 2.06 bits per heavy atom. The number of hydrogen-bond donors (Lipinski definition) is 2. The maximum absolute atomic E-state index is 9.01. The molecule has 0 radical (unpaired) electrons. The molecule has 0 bridgehead atoms. The Balaban J connectivity index is 2.52. The average Bonchev–Trinajstić information content (AvgIpc) is 2.60. The van der Waals surface area contributed by atoms with Crippen LogP contribution < -0.4 is 5.73 Å². The first kappa shape index (κ1) is 13.1. The van der Waals surface area contributed by atoms with E-state index in [0.29, 0.717) is 0 Å². The first-order valence-corrected chi connectivity index (χ1v) is 6.58. The molecule has 1 unspecified atom stereocenters. The number of aliphatic hydroxyl groups is 1. The molecule has 0 aliphatic heterocycles. The van der Waals surface area contributed by atoms with Gasteiger partial charge >= 0.3 is 0 Å². The van der Waals surface area contributed by atoms with Crippen LogP contribution in [0.3, 0.4) is 0 Å². The summed E-state index contributed by atoms with van der Waals surface area (Å²) in [5, 5.41) is 10.3. The van der Waals surface area contributed by atoms with Gasteiger partial charge < -0.3 is 15.4 Å². The maximum atomic E-state index is 9.01. The highest BCUT2D eigenvalue weighted by Crippen LogP contribution is 2.27. The lowest BCUT2D eigenvalue weighted by atomic mass is 10.0. The molecule has 0 spiro atoms. The van der Waals surface area contributed by atoms with Crippen molar-refractivity contribution in [2.45, 2.75) is 39.3 Å². The molecule has 0 saturated heterocycles. The highest BCUT2D eigenvalue weighted by molar-refractivity contribution is 5.85. The number of rotatable bonds is 5. The van der Waals surface area contributed by atoms with Crippen LogP contribution in [0.15, 0.2) is 24.3 Å². The molecule has 1 atom stereocenters. The van der Waals surface area contributed by atoms with Gasteiger partial charge in [0, 0.05) is 35.8 Å². The summed E-state index contributed by atoms with van der Waals surface area (Å²) in [5.41, 5.74) is 9.82. The van der Waals surface area contributed by atoms with Crippen molar-refractivity contribution in [1.29, 1.82) is 0 Å². The molecule has 0 fully saturated rings. The summed E-state index contributed by atoms with van der Waals surface area (Å²) in [7, 11) is 0. The Morgan fingerprint density at radius 3 is 2.72 bits per heavy atom. The van der Waals surface area contributed by atoms with Gasteiger partial charge in [0.2, 0.25) is 0 Å². The molecule has 1 aromatic carbocycles. The zero-order chi connectivity index (χ0) is 13.1. The van der Waals surface area contributed by atoms with E-state index in [1.807, 2.05) is 6.92 Å². The van der Waals surface area contributed by atoms with E-state index in [0.717, 1.165) is 19.4 Å². The summed E-state index contributed by atoms with van der Waals surface area (Å²) in [6.45, 7) is 5.28. The third-order valence-electron chi connectivity index (χ3n) is 3.43. The van der Waals surface area contributed by atoms with Crippen LogP contribution in [0.25, 0.3) is 10.9 Å². The molecule has 3 N–H and O–H groups in total. The fourth-order valence-electron chi connectivity index (χ4n) is 2.60. The zero-order valence-electron chi connectivity index (χ0n) is 11.2. The molecule has 0 saturated carbocycles.